The second-order valence-electron chi connectivity index (χ2n) is 5.45. The third-order valence-corrected chi connectivity index (χ3v) is 3.01. The zero-order valence-corrected chi connectivity index (χ0v) is 12.7. The maximum absolute atomic E-state index is 12.1. The molecular weight excluding hydrogens is 299 g/mol. The lowest BCUT2D eigenvalue weighted by molar-refractivity contribution is -0.153. The Kier molecular flexibility index (Phi) is 6.22. The lowest BCUT2D eigenvalue weighted by atomic mass is 10.0. The van der Waals surface area contributed by atoms with Gasteiger partial charge in [-0.3, -0.25) is 4.79 Å². The molecule has 1 atom stereocenters. The Hall–Kier alpha value is -1.76. The molecular formula is C15H20F3NO3. The van der Waals surface area contributed by atoms with E-state index in [9.17, 15) is 23.1 Å². The van der Waals surface area contributed by atoms with Gasteiger partial charge in [-0.1, -0.05) is 13.8 Å². The van der Waals surface area contributed by atoms with E-state index in [2.05, 4.69) is 10.1 Å². The van der Waals surface area contributed by atoms with Crippen LogP contribution in [0.2, 0.25) is 0 Å². The van der Waals surface area contributed by atoms with Gasteiger partial charge in [0, 0.05) is 5.69 Å². The minimum atomic E-state index is -4.40. The van der Waals surface area contributed by atoms with Crippen LogP contribution in [0.4, 0.5) is 18.9 Å². The molecule has 1 rings (SSSR count). The minimum absolute atomic E-state index is 0.0365. The first-order chi connectivity index (χ1) is 10.1. The van der Waals surface area contributed by atoms with Crippen molar-refractivity contribution in [1.82, 2.24) is 0 Å². The fraction of sp³-hybridized carbons (Fsp3) is 0.533. The fourth-order valence-corrected chi connectivity index (χ4v) is 1.69. The second-order valence-corrected chi connectivity index (χ2v) is 5.45. The van der Waals surface area contributed by atoms with Crippen LogP contribution in [0.3, 0.4) is 0 Å². The van der Waals surface area contributed by atoms with Crippen molar-refractivity contribution in [1.29, 1.82) is 0 Å². The summed E-state index contributed by atoms with van der Waals surface area (Å²) in [5, 5.41) is 12.2. The number of halogens is 3. The number of nitrogens with one attached hydrogen (secondary N) is 1. The Morgan fingerprint density at radius 1 is 1.36 bits per heavy atom. The highest BCUT2D eigenvalue weighted by molar-refractivity contribution is 5.91. The quantitative estimate of drug-likeness (QED) is 0.846. The Bertz CT molecular complexity index is 515. The number of carbonyl (C=O) groups excluding carboxylic acids is 1. The SMILES string of the molecule is Cc1cc(NC(=O)CC(O)C(C)C)ccc1OCC(F)(F)F. The zero-order valence-electron chi connectivity index (χ0n) is 12.7. The van der Waals surface area contributed by atoms with Gasteiger partial charge >= 0.3 is 6.18 Å². The van der Waals surface area contributed by atoms with E-state index in [1.807, 2.05) is 0 Å². The predicted octanol–water partition coefficient (Wildman–Crippen LogP) is 3.28. The van der Waals surface area contributed by atoms with Gasteiger partial charge < -0.3 is 15.2 Å². The van der Waals surface area contributed by atoms with Crippen molar-refractivity contribution < 1.29 is 27.8 Å². The molecule has 1 aromatic carbocycles. The van der Waals surface area contributed by atoms with Crippen LogP contribution < -0.4 is 10.1 Å². The molecule has 0 saturated carbocycles. The molecule has 0 aliphatic carbocycles. The van der Waals surface area contributed by atoms with Crippen molar-refractivity contribution >= 4 is 11.6 Å². The van der Waals surface area contributed by atoms with E-state index in [1.54, 1.807) is 20.8 Å². The fourth-order valence-electron chi connectivity index (χ4n) is 1.69. The maximum atomic E-state index is 12.1. The van der Waals surface area contributed by atoms with Crippen molar-refractivity contribution in [3.05, 3.63) is 23.8 Å². The standard InChI is InChI=1S/C15H20F3NO3/c1-9(2)12(20)7-14(21)19-11-4-5-13(10(3)6-11)22-8-15(16,17)18/h4-6,9,12,20H,7-8H2,1-3H3,(H,19,21). The van der Waals surface area contributed by atoms with Gasteiger partial charge in [-0.25, -0.2) is 0 Å². The van der Waals surface area contributed by atoms with Crippen LogP contribution in [0.5, 0.6) is 5.75 Å². The van der Waals surface area contributed by atoms with Gasteiger partial charge in [-0.2, -0.15) is 13.2 Å². The molecule has 2 N–H and O–H groups in total. The van der Waals surface area contributed by atoms with Crippen LogP contribution in [-0.2, 0) is 4.79 Å². The van der Waals surface area contributed by atoms with Crippen LogP contribution >= 0.6 is 0 Å². The van der Waals surface area contributed by atoms with E-state index in [-0.39, 0.29) is 24.0 Å². The topological polar surface area (TPSA) is 58.6 Å². The molecule has 0 spiro atoms. The summed E-state index contributed by atoms with van der Waals surface area (Å²) in [6, 6.07) is 4.35. The van der Waals surface area contributed by atoms with Crippen LogP contribution in [0.1, 0.15) is 25.8 Å². The van der Waals surface area contributed by atoms with E-state index < -0.39 is 18.9 Å². The molecule has 4 nitrogen and oxygen atoms in total. The molecule has 0 radical (unpaired) electrons. The number of rotatable bonds is 6. The molecule has 0 heterocycles. The average Bonchev–Trinajstić information content (AvgIpc) is 2.36. The lowest BCUT2D eigenvalue weighted by Crippen LogP contribution is -2.23. The lowest BCUT2D eigenvalue weighted by Gasteiger charge is -2.15. The molecule has 0 bridgehead atoms. The molecule has 0 aliphatic rings. The second kappa shape index (κ2) is 7.49. The molecule has 0 aliphatic heterocycles. The maximum Gasteiger partial charge on any atom is 0.422 e. The van der Waals surface area contributed by atoms with Crippen molar-refractivity contribution in [2.75, 3.05) is 11.9 Å². The first-order valence-corrected chi connectivity index (χ1v) is 6.86. The summed E-state index contributed by atoms with van der Waals surface area (Å²) in [6.07, 6.45) is -5.18. The average molecular weight is 319 g/mol. The molecule has 0 aromatic heterocycles. The van der Waals surface area contributed by atoms with Gasteiger partial charge in [0.1, 0.15) is 5.75 Å². The van der Waals surface area contributed by atoms with Crippen molar-refractivity contribution in [3.8, 4) is 5.75 Å². The van der Waals surface area contributed by atoms with Crippen LogP contribution in [0, 0.1) is 12.8 Å². The first-order valence-electron chi connectivity index (χ1n) is 6.86. The molecule has 124 valence electrons. The molecule has 0 fully saturated rings. The van der Waals surface area contributed by atoms with Crippen molar-refractivity contribution in [2.24, 2.45) is 5.92 Å². The molecule has 22 heavy (non-hydrogen) atoms. The van der Waals surface area contributed by atoms with Crippen molar-refractivity contribution in [2.45, 2.75) is 39.5 Å². The Labute approximate surface area is 127 Å². The molecule has 1 aromatic rings. The van der Waals surface area contributed by atoms with Crippen LogP contribution in [0.25, 0.3) is 0 Å². The van der Waals surface area contributed by atoms with E-state index >= 15 is 0 Å². The third kappa shape index (κ3) is 6.34. The van der Waals surface area contributed by atoms with Gasteiger partial charge in [-0.15, -0.1) is 0 Å². The largest absolute Gasteiger partial charge is 0.484 e. The number of aryl methyl sites for hydroxylation is 1. The number of hydrogen-bond acceptors (Lipinski definition) is 3. The zero-order chi connectivity index (χ0) is 16.9. The van der Waals surface area contributed by atoms with E-state index in [0.717, 1.165) is 0 Å². The summed E-state index contributed by atoms with van der Waals surface area (Å²) < 4.78 is 41.0. The van der Waals surface area contributed by atoms with Crippen LogP contribution in [0.15, 0.2) is 18.2 Å². The summed E-state index contributed by atoms with van der Waals surface area (Å²) in [6.45, 7) is 3.83. The molecule has 0 saturated heterocycles. The van der Waals surface area contributed by atoms with Gasteiger partial charge in [0.25, 0.3) is 0 Å². The molecule has 7 heteroatoms. The van der Waals surface area contributed by atoms with E-state index in [4.69, 9.17) is 0 Å². The summed E-state index contributed by atoms with van der Waals surface area (Å²) in [5.41, 5.74) is 0.921. The van der Waals surface area contributed by atoms with Gasteiger partial charge in [0.05, 0.1) is 12.5 Å². The normalized spacial score (nSPS) is 13.1. The van der Waals surface area contributed by atoms with Crippen LogP contribution in [-0.4, -0.2) is 29.9 Å². The van der Waals surface area contributed by atoms with E-state index in [0.29, 0.717) is 11.3 Å². The predicted molar refractivity (Wildman–Crippen MR) is 76.8 cm³/mol. The number of hydrogen-bond donors (Lipinski definition) is 2. The summed E-state index contributed by atoms with van der Waals surface area (Å²) in [4.78, 5) is 11.7. The number of ether oxygens (including phenoxy) is 1. The Morgan fingerprint density at radius 2 is 2.00 bits per heavy atom. The van der Waals surface area contributed by atoms with Gasteiger partial charge in [-0.05, 0) is 36.6 Å². The number of amides is 1. The number of carbonyl (C=O) groups is 1. The third-order valence-electron chi connectivity index (χ3n) is 3.01. The number of alkyl halides is 3. The molecule has 1 amide bonds. The number of anilines is 1. The van der Waals surface area contributed by atoms with Crippen molar-refractivity contribution in [3.63, 3.8) is 0 Å². The first kappa shape index (κ1) is 18.3. The monoisotopic (exact) mass is 319 g/mol. The number of aliphatic hydroxyl groups excluding tert-OH is 1. The number of benzene rings is 1. The Balaban J connectivity index is 2.63. The smallest absolute Gasteiger partial charge is 0.422 e. The molecule has 1 unspecified atom stereocenters. The minimum Gasteiger partial charge on any atom is -0.484 e. The van der Waals surface area contributed by atoms with Gasteiger partial charge in [0.2, 0.25) is 5.91 Å². The summed E-state index contributed by atoms with van der Waals surface area (Å²) in [5.74, 6) is -0.285. The van der Waals surface area contributed by atoms with Gasteiger partial charge in [0.15, 0.2) is 6.61 Å². The number of aliphatic hydroxyl groups is 1. The summed E-state index contributed by atoms with van der Waals surface area (Å²) >= 11 is 0. The highest BCUT2D eigenvalue weighted by Gasteiger charge is 2.28. The summed E-state index contributed by atoms with van der Waals surface area (Å²) in [7, 11) is 0. The Morgan fingerprint density at radius 3 is 2.50 bits per heavy atom. The highest BCUT2D eigenvalue weighted by Crippen LogP contribution is 2.24. The highest BCUT2D eigenvalue weighted by atomic mass is 19.4. The van der Waals surface area contributed by atoms with E-state index in [1.165, 1.54) is 18.2 Å².